The first-order valence-electron chi connectivity index (χ1n) is 8.16. The first kappa shape index (κ1) is 19.6. The van der Waals surface area contributed by atoms with Gasteiger partial charge in [0.2, 0.25) is 0 Å². The van der Waals surface area contributed by atoms with Crippen LogP contribution in [0.5, 0.6) is 11.5 Å². The number of benzene rings is 2. The Hall–Kier alpha value is -3.17. The fourth-order valence-corrected chi connectivity index (χ4v) is 3.21. The minimum absolute atomic E-state index is 0.260. The number of hydrazone groups is 1. The van der Waals surface area contributed by atoms with Gasteiger partial charge in [-0.25, -0.2) is 0 Å². The van der Waals surface area contributed by atoms with Crippen molar-refractivity contribution >= 4 is 33.5 Å². The molecule has 2 aromatic rings. The molecule has 28 heavy (non-hydrogen) atoms. The summed E-state index contributed by atoms with van der Waals surface area (Å²) in [7, 11) is -1.24. The molecule has 1 amide bonds. The molecule has 0 atom stereocenters. The Morgan fingerprint density at radius 2 is 1.68 bits per heavy atom. The molecule has 0 bridgehead atoms. The van der Waals surface area contributed by atoms with E-state index in [1.165, 1.54) is 36.4 Å². The SMILES string of the molecule is COc1ccc(C=C2C(=O)N(c3ccc(S(=O)(=O)O)cc3)N=C2C)cc1OC. The molecule has 0 radical (unpaired) electrons. The van der Waals surface area contributed by atoms with Crippen molar-refractivity contribution in [3.05, 3.63) is 53.6 Å². The van der Waals surface area contributed by atoms with E-state index in [4.69, 9.17) is 14.0 Å². The lowest BCUT2D eigenvalue weighted by atomic mass is 10.1. The molecule has 0 aliphatic carbocycles. The van der Waals surface area contributed by atoms with Gasteiger partial charge < -0.3 is 9.47 Å². The maximum Gasteiger partial charge on any atom is 0.294 e. The van der Waals surface area contributed by atoms with Crippen LogP contribution in [0.2, 0.25) is 0 Å². The zero-order chi connectivity index (χ0) is 20.5. The lowest BCUT2D eigenvalue weighted by Gasteiger charge is -2.12. The van der Waals surface area contributed by atoms with Gasteiger partial charge in [-0.3, -0.25) is 9.35 Å². The topological polar surface area (TPSA) is 106 Å². The fourth-order valence-electron chi connectivity index (χ4n) is 2.73. The maximum atomic E-state index is 12.8. The average molecular weight is 402 g/mol. The second-order valence-electron chi connectivity index (χ2n) is 5.94. The highest BCUT2D eigenvalue weighted by Crippen LogP contribution is 2.30. The van der Waals surface area contributed by atoms with E-state index in [1.54, 1.807) is 38.3 Å². The predicted molar refractivity (Wildman–Crippen MR) is 104 cm³/mol. The molecule has 1 aliphatic heterocycles. The number of ether oxygens (including phenoxy) is 2. The Balaban J connectivity index is 1.92. The van der Waals surface area contributed by atoms with Crippen molar-refractivity contribution in [1.29, 1.82) is 0 Å². The molecule has 1 aliphatic rings. The average Bonchev–Trinajstić information content (AvgIpc) is 2.95. The van der Waals surface area contributed by atoms with Crippen molar-refractivity contribution in [2.24, 2.45) is 5.10 Å². The van der Waals surface area contributed by atoms with Crippen LogP contribution in [0.4, 0.5) is 5.69 Å². The number of anilines is 1. The van der Waals surface area contributed by atoms with E-state index in [0.29, 0.717) is 28.5 Å². The highest BCUT2D eigenvalue weighted by atomic mass is 32.2. The minimum Gasteiger partial charge on any atom is -0.493 e. The van der Waals surface area contributed by atoms with Gasteiger partial charge in [0.05, 0.1) is 36.1 Å². The molecule has 0 saturated heterocycles. The molecule has 0 spiro atoms. The summed E-state index contributed by atoms with van der Waals surface area (Å²) < 4.78 is 41.9. The summed E-state index contributed by atoms with van der Waals surface area (Å²) in [6.45, 7) is 1.71. The highest BCUT2D eigenvalue weighted by molar-refractivity contribution is 7.85. The number of carbonyl (C=O) groups is 1. The van der Waals surface area contributed by atoms with E-state index >= 15 is 0 Å². The van der Waals surface area contributed by atoms with Crippen LogP contribution in [0, 0.1) is 0 Å². The van der Waals surface area contributed by atoms with Crippen LogP contribution in [0.15, 0.2) is 58.0 Å². The fraction of sp³-hybridized carbons (Fsp3) is 0.158. The summed E-state index contributed by atoms with van der Waals surface area (Å²) in [4.78, 5) is 12.5. The van der Waals surface area contributed by atoms with E-state index in [2.05, 4.69) is 5.10 Å². The van der Waals surface area contributed by atoms with Crippen LogP contribution < -0.4 is 14.5 Å². The molecule has 0 fully saturated rings. The number of carbonyl (C=O) groups excluding carboxylic acids is 1. The van der Waals surface area contributed by atoms with Gasteiger partial charge in [0, 0.05) is 0 Å². The number of hydrogen-bond acceptors (Lipinski definition) is 6. The van der Waals surface area contributed by atoms with Crippen molar-refractivity contribution in [2.75, 3.05) is 19.2 Å². The van der Waals surface area contributed by atoms with Gasteiger partial charge >= 0.3 is 0 Å². The standard InChI is InChI=1S/C19H18N2O6S/c1-12-16(10-13-4-9-17(26-2)18(11-13)27-3)19(22)21(20-12)14-5-7-15(8-6-14)28(23,24)25/h4-11H,1-3H3,(H,23,24,25). The summed E-state index contributed by atoms with van der Waals surface area (Å²) in [5, 5.41) is 5.43. The van der Waals surface area contributed by atoms with E-state index < -0.39 is 10.1 Å². The highest BCUT2D eigenvalue weighted by Gasteiger charge is 2.29. The Bertz CT molecular complexity index is 1090. The minimum atomic E-state index is -4.30. The maximum absolute atomic E-state index is 12.8. The Morgan fingerprint density at radius 1 is 1.04 bits per heavy atom. The lowest BCUT2D eigenvalue weighted by molar-refractivity contribution is -0.114. The van der Waals surface area contributed by atoms with E-state index in [-0.39, 0.29) is 10.8 Å². The van der Waals surface area contributed by atoms with Crippen molar-refractivity contribution in [3.8, 4) is 11.5 Å². The third-order valence-corrected chi connectivity index (χ3v) is 5.03. The summed E-state index contributed by atoms with van der Waals surface area (Å²) in [6.07, 6.45) is 1.69. The number of rotatable bonds is 5. The first-order chi connectivity index (χ1) is 13.2. The summed E-state index contributed by atoms with van der Waals surface area (Å²) in [5.41, 5.74) is 2.02. The second kappa shape index (κ2) is 7.45. The molecule has 9 heteroatoms. The van der Waals surface area contributed by atoms with E-state index in [1.807, 2.05) is 0 Å². The molecule has 1 heterocycles. The van der Waals surface area contributed by atoms with Gasteiger partial charge in [-0.2, -0.15) is 18.5 Å². The molecule has 0 aromatic heterocycles. The van der Waals surface area contributed by atoms with Gasteiger partial charge in [-0.15, -0.1) is 0 Å². The Kier molecular flexibility index (Phi) is 5.21. The third kappa shape index (κ3) is 3.75. The molecule has 2 aromatic carbocycles. The van der Waals surface area contributed by atoms with Gasteiger partial charge in [-0.05, 0) is 55.0 Å². The van der Waals surface area contributed by atoms with Crippen molar-refractivity contribution in [2.45, 2.75) is 11.8 Å². The number of nitrogens with zero attached hydrogens (tertiary/aromatic N) is 2. The molecular formula is C19H18N2O6S. The van der Waals surface area contributed by atoms with Gasteiger partial charge in [0.25, 0.3) is 16.0 Å². The summed E-state index contributed by atoms with van der Waals surface area (Å²) in [5.74, 6) is 0.759. The van der Waals surface area contributed by atoms with E-state index in [0.717, 1.165) is 5.56 Å². The van der Waals surface area contributed by atoms with Crippen LogP contribution >= 0.6 is 0 Å². The molecule has 3 rings (SSSR count). The molecule has 0 unspecified atom stereocenters. The zero-order valence-electron chi connectivity index (χ0n) is 15.4. The molecular weight excluding hydrogens is 384 g/mol. The van der Waals surface area contributed by atoms with Crippen LogP contribution in [-0.4, -0.2) is 38.8 Å². The van der Waals surface area contributed by atoms with Crippen LogP contribution in [-0.2, 0) is 14.9 Å². The third-order valence-electron chi connectivity index (χ3n) is 4.16. The van der Waals surface area contributed by atoms with Gasteiger partial charge in [0.15, 0.2) is 11.5 Å². The van der Waals surface area contributed by atoms with Gasteiger partial charge in [0.1, 0.15) is 0 Å². The van der Waals surface area contributed by atoms with Crippen molar-refractivity contribution in [3.63, 3.8) is 0 Å². The quantitative estimate of drug-likeness (QED) is 0.609. The van der Waals surface area contributed by atoms with Crippen LogP contribution in [0.1, 0.15) is 12.5 Å². The summed E-state index contributed by atoms with van der Waals surface area (Å²) in [6, 6.07) is 10.5. The monoisotopic (exact) mass is 402 g/mol. The van der Waals surface area contributed by atoms with Crippen LogP contribution in [0.25, 0.3) is 6.08 Å². The second-order valence-corrected chi connectivity index (χ2v) is 7.37. The first-order valence-corrected chi connectivity index (χ1v) is 9.60. The number of amides is 1. The Morgan fingerprint density at radius 3 is 2.25 bits per heavy atom. The summed E-state index contributed by atoms with van der Waals surface area (Å²) >= 11 is 0. The normalized spacial score (nSPS) is 15.7. The smallest absolute Gasteiger partial charge is 0.294 e. The Labute approximate surface area is 162 Å². The lowest BCUT2D eigenvalue weighted by Crippen LogP contribution is -2.21. The zero-order valence-corrected chi connectivity index (χ0v) is 16.2. The van der Waals surface area contributed by atoms with Crippen molar-refractivity contribution < 1.29 is 27.2 Å². The number of methoxy groups -OCH3 is 2. The van der Waals surface area contributed by atoms with Crippen molar-refractivity contribution in [1.82, 2.24) is 0 Å². The molecule has 1 N–H and O–H groups in total. The molecule has 8 nitrogen and oxygen atoms in total. The molecule has 146 valence electrons. The molecule has 0 saturated carbocycles. The van der Waals surface area contributed by atoms with Crippen LogP contribution in [0.3, 0.4) is 0 Å². The van der Waals surface area contributed by atoms with Gasteiger partial charge in [-0.1, -0.05) is 6.07 Å². The number of hydrogen-bond donors (Lipinski definition) is 1. The predicted octanol–water partition coefficient (Wildman–Crippen LogP) is 2.76. The van der Waals surface area contributed by atoms with E-state index in [9.17, 15) is 13.2 Å². The largest absolute Gasteiger partial charge is 0.493 e.